The molecule has 1 heterocycles. The summed E-state index contributed by atoms with van der Waals surface area (Å²) < 4.78 is 0. The van der Waals surface area contributed by atoms with Crippen LogP contribution in [0.4, 0.5) is 0 Å². The molecule has 0 aliphatic carbocycles. The number of aromatic carboxylic acids is 1. The van der Waals surface area contributed by atoms with Crippen molar-refractivity contribution in [3.8, 4) is 0 Å². The van der Waals surface area contributed by atoms with E-state index >= 15 is 0 Å². The fourth-order valence-corrected chi connectivity index (χ4v) is 2.65. The van der Waals surface area contributed by atoms with E-state index in [9.17, 15) is 4.79 Å². The molecule has 0 spiro atoms. The van der Waals surface area contributed by atoms with E-state index in [0.717, 1.165) is 19.6 Å². The van der Waals surface area contributed by atoms with Gasteiger partial charge in [-0.2, -0.15) is 0 Å². The highest BCUT2D eigenvalue weighted by atomic mass is 16.4. The monoisotopic (exact) mass is 262 g/mol. The Bertz CT molecular complexity index is 432. The maximum Gasteiger partial charge on any atom is 0.335 e. The van der Waals surface area contributed by atoms with Gasteiger partial charge in [-0.25, -0.2) is 4.79 Å². The highest BCUT2D eigenvalue weighted by Gasteiger charge is 2.26. The number of piperazine rings is 1. The van der Waals surface area contributed by atoms with Crippen molar-refractivity contribution in [2.24, 2.45) is 0 Å². The first kappa shape index (κ1) is 14.0. The number of carboxylic acids is 1. The Labute approximate surface area is 114 Å². The molecule has 1 fully saturated rings. The topological polar surface area (TPSA) is 43.8 Å². The highest BCUT2D eigenvalue weighted by Crippen LogP contribution is 2.16. The van der Waals surface area contributed by atoms with Gasteiger partial charge in [0.25, 0.3) is 0 Å². The molecule has 2 atom stereocenters. The minimum Gasteiger partial charge on any atom is -0.478 e. The molecule has 0 bridgehead atoms. The zero-order valence-corrected chi connectivity index (χ0v) is 11.8. The Balaban J connectivity index is 1.99. The molecule has 0 amide bonds. The Morgan fingerprint density at radius 2 is 1.74 bits per heavy atom. The first-order valence-electron chi connectivity index (χ1n) is 6.74. The second kappa shape index (κ2) is 5.72. The molecule has 1 aliphatic heterocycles. The molecule has 1 saturated heterocycles. The molecular weight excluding hydrogens is 240 g/mol. The lowest BCUT2D eigenvalue weighted by molar-refractivity contribution is 0.0556. The number of likely N-dealkylation sites (N-methyl/N-ethyl adjacent to an activating group) is 1. The van der Waals surface area contributed by atoms with Crippen molar-refractivity contribution in [2.45, 2.75) is 32.5 Å². The van der Waals surface area contributed by atoms with Crippen LogP contribution in [0.15, 0.2) is 24.3 Å². The summed E-state index contributed by atoms with van der Waals surface area (Å²) in [5, 5.41) is 8.88. The summed E-state index contributed by atoms with van der Waals surface area (Å²) >= 11 is 0. The van der Waals surface area contributed by atoms with Crippen LogP contribution < -0.4 is 0 Å². The third-order valence-corrected chi connectivity index (χ3v) is 4.04. The van der Waals surface area contributed by atoms with Crippen LogP contribution in [0.3, 0.4) is 0 Å². The van der Waals surface area contributed by atoms with E-state index in [1.54, 1.807) is 12.1 Å². The molecule has 4 heteroatoms. The minimum absolute atomic E-state index is 0.351. The number of nitrogens with zero attached hydrogens (tertiary/aromatic N) is 2. The van der Waals surface area contributed by atoms with Gasteiger partial charge in [-0.15, -0.1) is 0 Å². The smallest absolute Gasteiger partial charge is 0.335 e. The predicted molar refractivity (Wildman–Crippen MR) is 75.4 cm³/mol. The maximum atomic E-state index is 10.8. The molecule has 1 aliphatic rings. The summed E-state index contributed by atoms with van der Waals surface area (Å²) in [6, 6.07) is 8.30. The predicted octanol–water partition coefficient (Wildman–Crippen LogP) is 1.91. The first-order valence-corrected chi connectivity index (χ1v) is 6.74. The molecule has 2 rings (SSSR count). The first-order chi connectivity index (χ1) is 8.97. The van der Waals surface area contributed by atoms with Crippen molar-refractivity contribution in [3.63, 3.8) is 0 Å². The van der Waals surface area contributed by atoms with E-state index in [-0.39, 0.29) is 0 Å². The zero-order chi connectivity index (χ0) is 14.0. The Morgan fingerprint density at radius 1 is 1.21 bits per heavy atom. The standard InChI is InChI=1S/C15H22N2O2/c1-11-8-17(9-12(2)16(11)3)10-13-4-6-14(7-5-13)15(18)19/h4-7,11-12H,8-10H2,1-3H3,(H,18,19). The van der Waals surface area contributed by atoms with E-state index in [2.05, 4.69) is 30.7 Å². The van der Waals surface area contributed by atoms with Crippen LogP contribution in [0.1, 0.15) is 29.8 Å². The average Bonchev–Trinajstić information content (AvgIpc) is 2.36. The van der Waals surface area contributed by atoms with Crippen molar-refractivity contribution in [3.05, 3.63) is 35.4 Å². The van der Waals surface area contributed by atoms with E-state index in [4.69, 9.17) is 5.11 Å². The van der Waals surface area contributed by atoms with Crippen LogP contribution in [-0.2, 0) is 6.54 Å². The van der Waals surface area contributed by atoms with Gasteiger partial charge in [-0.3, -0.25) is 9.80 Å². The number of hydrogen-bond donors (Lipinski definition) is 1. The van der Waals surface area contributed by atoms with Gasteiger partial charge in [0, 0.05) is 31.7 Å². The third-order valence-electron chi connectivity index (χ3n) is 4.04. The lowest BCUT2D eigenvalue weighted by Gasteiger charge is -2.42. The van der Waals surface area contributed by atoms with Crippen LogP contribution in [-0.4, -0.2) is 53.1 Å². The molecule has 0 radical (unpaired) electrons. The molecule has 4 nitrogen and oxygen atoms in total. The lowest BCUT2D eigenvalue weighted by Crippen LogP contribution is -2.54. The SMILES string of the molecule is CC1CN(Cc2ccc(C(=O)O)cc2)CC(C)N1C. The average molecular weight is 262 g/mol. The molecule has 1 aromatic rings. The molecular formula is C15H22N2O2. The highest BCUT2D eigenvalue weighted by molar-refractivity contribution is 5.87. The van der Waals surface area contributed by atoms with Crippen molar-refractivity contribution >= 4 is 5.97 Å². The minimum atomic E-state index is -0.867. The summed E-state index contributed by atoms with van der Waals surface area (Å²) in [6.45, 7) is 7.50. The maximum absolute atomic E-state index is 10.8. The van der Waals surface area contributed by atoms with Crippen LogP contribution in [0, 0.1) is 0 Å². The lowest BCUT2D eigenvalue weighted by atomic mass is 10.1. The summed E-state index contributed by atoms with van der Waals surface area (Å²) in [6.07, 6.45) is 0. The van der Waals surface area contributed by atoms with Crippen molar-refractivity contribution < 1.29 is 9.90 Å². The second-order valence-corrected chi connectivity index (χ2v) is 5.56. The Morgan fingerprint density at radius 3 is 2.21 bits per heavy atom. The van der Waals surface area contributed by atoms with Gasteiger partial charge in [0.05, 0.1) is 5.56 Å². The van der Waals surface area contributed by atoms with Gasteiger partial charge in [0.15, 0.2) is 0 Å². The van der Waals surface area contributed by atoms with Gasteiger partial charge in [-0.05, 0) is 38.6 Å². The summed E-state index contributed by atoms with van der Waals surface area (Å²) in [7, 11) is 2.17. The van der Waals surface area contributed by atoms with Crippen LogP contribution >= 0.6 is 0 Å². The molecule has 1 N–H and O–H groups in total. The Kier molecular flexibility index (Phi) is 4.22. The third kappa shape index (κ3) is 3.33. The molecule has 0 saturated carbocycles. The number of benzene rings is 1. The van der Waals surface area contributed by atoms with Gasteiger partial charge in [0.2, 0.25) is 0 Å². The van der Waals surface area contributed by atoms with E-state index in [0.29, 0.717) is 17.6 Å². The van der Waals surface area contributed by atoms with E-state index in [1.807, 2.05) is 12.1 Å². The van der Waals surface area contributed by atoms with Gasteiger partial charge in [-0.1, -0.05) is 12.1 Å². The van der Waals surface area contributed by atoms with E-state index < -0.39 is 5.97 Å². The van der Waals surface area contributed by atoms with Crippen LogP contribution in [0.5, 0.6) is 0 Å². The van der Waals surface area contributed by atoms with E-state index in [1.165, 1.54) is 5.56 Å². The number of rotatable bonds is 3. The Hall–Kier alpha value is -1.39. The van der Waals surface area contributed by atoms with Gasteiger partial charge in [0.1, 0.15) is 0 Å². The van der Waals surface area contributed by atoms with Crippen LogP contribution in [0.25, 0.3) is 0 Å². The number of carboxylic acid groups (broad SMARTS) is 1. The summed E-state index contributed by atoms with van der Waals surface area (Å²) in [5.41, 5.74) is 1.53. The molecule has 0 aromatic heterocycles. The zero-order valence-electron chi connectivity index (χ0n) is 11.8. The normalized spacial score (nSPS) is 25.4. The number of carbonyl (C=O) groups is 1. The molecule has 19 heavy (non-hydrogen) atoms. The summed E-state index contributed by atoms with van der Waals surface area (Å²) in [5.74, 6) is -0.867. The van der Waals surface area contributed by atoms with Crippen LogP contribution in [0.2, 0.25) is 0 Å². The fourth-order valence-electron chi connectivity index (χ4n) is 2.65. The summed E-state index contributed by atoms with van der Waals surface area (Å²) in [4.78, 5) is 15.7. The van der Waals surface area contributed by atoms with Crippen molar-refractivity contribution in [2.75, 3.05) is 20.1 Å². The quantitative estimate of drug-likeness (QED) is 0.903. The molecule has 2 unspecified atom stereocenters. The van der Waals surface area contributed by atoms with Crippen molar-refractivity contribution in [1.82, 2.24) is 9.80 Å². The fraction of sp³-hybridized carbons (Fsp3) is 0.533. The van der Waals surface area contributed by atoms with Gasteiger partial charge >= 0.3 is 5.97 Å². The second-order valence-electron chi connectivity index (χ2n) is 5.56. The molecule has 104 valence electrons. The number of hydrogen-bond acceptors (Lipinski definition) is 3. The molecule has 1 aromatic carbocycles. The van der Waals surface area contributed by atoms with Crippen molar-refractivity contribution in [1.29, 1.82) is 0 Å². The largest absolute Gasteiger partial charge is 0.478 e. The van der Waals surface area contributed by atoms with Gasteiger partial charge < -0.3 is 5.11 Å².